The van der Waals surface area contributed by atoms with E-state index in [-0.39, 0.29) is 36.1 Å². The molecular weight excluding hydrogens is 244 g/mol. The summed E-state index contributed by atoms with van der Waals surface area (Å²) in [5.41, 5.74) is -0.121. The van der Waals surface area contributed by atoms with Crippen molar-refractivity contribution in [2.24, 2.45) is 0 Å². The summed E-state index contributed by atoms with van der Waals surface area (Å²) in [6.07, 6.45) is 8.26. The molecule has 1 aromatic rings. The molecule has 0 spiro atoms. The Balaban J connectivity index is 2.20. The Bertz CT molecular complexity index is 478. The van der Waals surface area contributed by atoms with Crippen LogP contribution in [0.2, 0.25) is 0 Å². The molecule has 1 fully saturated rings. The topological polar surface area (TPSA) is 73.4 Å². The summed E-state index contributed by atoms with van der Waals surface area (Å²) in [5, 5.41) is 9.15. The van der Waals surface area contributed by atoms with E-state index < -0.39 is 0 Å². The minimum Gasteiger partial charge on any atom is -0.395 e. The van der Waals surface area contributed by atoms with Crippen LogP contribution in [0, 0.1) is 0 Å². The molecule has 0 atom stereocenters. The fourth-order valence-electron chi connectivity index (χ4n) is 2.69. The summed E-state index contributed by atoms with van der Waals surface area (Å²) >= 11 is 0. The van der Waals surface area contributed by atoms with E-state index in [1.54, 1.807) is 4.90 Å². The first-order valence-corrected chi connectivity index (χ1v) is 6.83. The standard InChI is InChI=1S/C14H20N2O3/c17-9-8-16(11-4-2-1-3-5-11)14(19)12-10-15-7-6-13(12)18/h6-7,10-11,17H,1-5,8-9H2,(H,15,18). The van der Waals surface area contributed by atoms with E-state index in [1.807, 2.05) is 0 Å². The second kappa shape index (κ2) is 6.52. The average molecular weight is 264 g/mol. The van der Waals surface area contributed by atoms with E-state index in [1.165, 1.54) is 24.9 Å². The number of pyridine rings is 1. The normalized spacial score (nSPS) is 16.3. The van der Waals surface area contributed by atoms with Crippen LogP contribution in [0.5, 0.6) is 0 Å². The number of aromatic nitrogens is 1. The Labute approximate surface area is 112 Å². The SMILES string of the molecule is O=C(c1c[nH]ccc1=O)N(CCO)C1CCCCC1. The molecule has 1 heterocycles. The zero-order valence-corrected chi connectivity index (χ0v) is 11.0. The van der Waals surface area contributed by atoms with E-state index in [0.717, 1.165) is 25.7 Å². The number of aliphatic hydroxyl groups is 1. The van der Waals surface area contributed by atoms with Crippen molar-refractivity contribution in [3.63, 3.8) is 0 Å². The van der Waals surface area contributed by atoms with E-state index in [2.05, 4.69) is 4.98 Å². The molecule has 0 bridgehead atoms. The van der Waals surface area contributed by atoms with Gasteiger partial charge in [-0.2, -0.15) is 0 Å². The molecule has 1 saturated carbocycles. The number of amides is 1. The highest BCUT2D eigenvalue weighted by Gasteiger charge is 2.26. The zero-order chi connectivity index (χ0) is 13.7. The van der Waals surface area contributed by atoms with Crippen molar-refractivity contribution >= 4 is 5.91 Å². The van der Waals surface area contributed by atoms with Crippen molar-refractivity contribution in [1.82, 2.24) is 9.88 Å². The van der Waals surface area contributed by atoms with Crippen LogP contribution in [0.4, 0.5) is 0 Å². The summed E-state index contributed by atoms with van der Waals surface area (Å²) in [6, 6.07) is 1.50. The molecule has 0 unspecified atom stereocenters. The van der Waals surface area contributed by atoms with Gasteiger partial charge in [0.2, 0.25) is 0 Å². The Morgan fingerprint density at radius 2 is 2.11 bits per heavy atom. The lowest BCUT2D eigenvalue weighted by Crippen LogP contribution is -2.44. The van der Waals surface area contributed by atoms with Crippen LogP contribution >= 0.6 is 0 Å². The van der Waals surface area contributed by atoms with Crippen LogP contribution in [-0.4, -0.2) is 40.1 Å². The summed E-state index contributed by atoms with van der Waals surface area (Å²) in [6.45, 7) is 0.213. The van der Waals surface area contributed by atoms with E-state index in [9.17, 15) is 9.59 Å². The van der Waals surface area contributed by atoms with Crippen LogP contribution in [-0.2, 0) is 0 Å². The van der Waals surface area contributed by atoms with Gasteiger partial charge in [-0.15, -0.1) is 0 Å². The summed E-state index contributed by atoms with van der Waals surface area (Å²) in [5.74, 6) is -0.275. The Kier molecular flexibility index (Phi) is 4.74. The lowest BCUT2D eigenvalue weighted by molar-refractivity contribution is 0.0583. The zero-order valence-electron chi connectivity index (χ0n) is 11.0. The number of aromatic amines is 1. The van der Waals surface area contributed by atoms with E-state index in [0.29, 0.717) is 0 Å². The third-order valence-electron chi connectivity index (χ3n) is 3.67. The first-order chi connectivity index (χ1) is 9.24. The molecule has 2 N–H and O–H groups in total. The van der Waals surface area contributed by atoms with Gasteiger partial charge >= 0.3 is 0 Å². The maximum Gasteiger partial charge on any atom is 0.259 e. The number of nitrogens with one attached hydrogen (secondary N) is 1. The minimum atomic E-state index is -0.275. The van der Waals surface area contributed by atoms with Crippen molar-refractivity contribution in [2.75, 3.05) is 13.2 Å². The van der Waals surface area contributed by atoms with Crippen LogP contribution in [0.3, 0.4) is 0 Å². The number of rotatable bonds is 4. The minimum absolute atomic E-state index is 0.0764. The molecule has 2 rings (SSSR count). The number of H-pyrrole nitrogens is 1. The van der Waals surface area contributed by atoms with Gasteiger partial charge in [0.25, 0.3) is 5.91 Å². The van der Waals surface area contributed by atoms with Gasteiger partial charge in [0.05, 0.1) is 6.61 Å². The molecule has 0 aromatic carbocycles. The van der Waals surface area contributed by atoms with Crippen molar-refractivity contribution in [3.05, 3.63) is 34.2 Å². The molecule has 0 saturated heterocycles. The van der Waals surface area contributed by atoms with Gasteiger partial charge in [0.15, 0.2) is 5.43 Å². The highest BCUT2D eigenvalue weighted by Crippen LogP contribution is 2.23. The van der Waals surface area contributed by atoms with Crippen LogP contribution in [0.1, 0.15) is 42.5 Å². The van der Waals surface area contributed by atoms with Crippen molar-refractivity contribution in [2.45, 2.75) is 38.1 Å². The maximum atomic E-state index is 12.4. The molecule has 1 aromatic heterocycles. The number of aliphatic hydroxyl groups excluding tert-OH is 1. The Morgan fingerprint density at radius 3 is 2.74 bits per heavy atom. The number of hydrogen-bond donors (Lipinski definition) is 2. The molecule has 104 valence electrons. The van der Waals surface area contributed by atoms with Gasteiger partial charge in [-0.05, 0) is 12.8 Å². The number of carbonyl (C=O) groups is 1. The summed E-state index contributed by atoms with van der Waals surface area (Å²) in [4.78, 5) is 28.6. The second-order valence-electron chi connectivity index (χ2n) is 4.94. The molecule has 1 aliphatic rings. The molecular formula is C14H20N2O3. The van der Waals surface area contributed by atoms with Crippen LogP contribution in [0.25, 0.3) is 0 Å². The Morgan fingerprint density at radius 1 is 1.37 bits per heavy atom. The summed E-state index contributed by atoms with van der Waals surface area (Å²) < 4.78 is 0. The van der Waals surface area contributed by atoms with Gasteiger partial charge in [0, 0.05) is 31.0 Å². The number of carbonyl (C=O) groups excluding carboxylic acids is 1. The fourth-order valence-corrected chi connectivity index (χ4v) is 2.69. The third kappa shape index (κ3) is 3.23. The fraction of sp³-hybridized carbons (Fsp3) is 0.571. The van der Waals surface area contributed by atoms with Crippen LogP contribution in [0.15, 0.2) is 23.3 Å². The predicted molar refractivity (Wildman–Crippen MR) is 72.1 cm³/mol. The maximum absolute atomic E-state index is 12.4. The monoisotopic (exact) mass is 264 g/mol. The Hall–Kier alpha value is -1.62. The number of nitrogens with zero attached hydrogens (tertiary/aromatic N) is 1. The van der Waals surface area contributed by atoms with Gasteiger partial charge in [0.1, 0.15) is 5.56 Å². The van der Waals surface area contributed by atoms with E-state index in [4.69, 9.17) is 5.11 Å². The van der Waals surface area contributed by atoms with Gasteiger partial charge in [-0.3, -0.25) is 9.59 Å². The number of hydrogen-bond acceptors (Lipinski definition) is 3. The van der Waals surface area contributed by atoms with Gasteiger partial charge < -0.3 is 15.0 Å². The molecule has 0 aliphatic heterocycles. The molecule has 5 heteroatoms. The molecule has 1 amide bonds. The van der Waals surface area contributed by atoms with Crippen molar-refractivity contribution in [1.29, 1.82) is 0 Å². The molecule has 0 radical (unpaired) electrons. The quantitative estimate of drug-likeness (QED) is 0.856. The third-order valence-corrected chi connectivity index (χ3v) is 3.67. The van der Waals surface area contributed by atoms with Gasteiger partial charge in [-0.25, -0.2) is 0 Å². The largest absolute Gasteiger partial charge is 0.395 e. The second-order valence-corrected chi connectivity index (χ2v) is 4.94. The van der Waals surface area contributed by atoms with Gasteiger partial charge in [-0.1, -0.05) is 19.3 Å². The molecule has 5 nitrogen and oxygen atoms in total. The first-order valence-electron chi connectivity index (χ1n) is 6.83. The van der Waals surface area contributed by atoms with Crippen LogP contribution < -0.4 is 5.43 Å². The molecule has 1 aliphatic carbocycles. The van der Waals surface area contributed by atoms with Crippen molar-refractivity contribution in [3.8, 4) is 0 Å². The summed E-state index contributed by atoms with van der Waals surface area (Å²) in [7, 11) is 0. The van der Waals surface area contributed by atoms with Crippen molar-refractivity contribution < 1.29 is 9.90 Å². The smallest absolute Gasteiger partial charge is 0.259 e. The lowest BCUT2D eigenvalue weighted by Gasteiger charge is -2.33. The highest BCUT2D eigenvalue weighted by molar-refractivity contribution is 5.94. The lowest BCUT2D eigenvalue weighted by atomic mass is 9.93. The first kappa shape index (κ1) is 13.8. The average Bonchev–Trinajstić information content (AvgIpc) is 2.45. The highest BCUT2D eigenvalue weighted by atomic mass is 16.3. The van der Waals surface area contributed by atoms with E-state index >= 15 is 0 Å². The molecule has 19 heavy (non-hydrogen) atoms. The predicted octanol–water partition coefficient (Wildman–Crippen LogP) is 1.14.